The number of hydrogen-bond acceptors (Lipinski definition) is 4. The van der Waals surface area contributed by atoms with Crippen LogP contribution in [0.5, 0.6) is 11.5 Å². The van der Waals surface area contributed by atoms with Crippen molar-refractivity contribution in [1.29, 1.82) is 0 Å². The van der Waals surface area contributed by atoms with E-state index in [0.717, 1.165) is 34.5 Å². The topological polar surface area (TPSA) is 59.6 Å². The molecule has 2 aromatic rings. The zero-order valence-electron chi connectivity index (χ0n) is 16.5. The van der Waals surface area contributed by atoms with Crippen LogP contribution in [0.1, 0.15) is 30.5 Å². The van der Waals surface area contributed by atoms with Crippen LogP contribution in [0.25, 0.3) is 5.70 Å². The summed E-state index contributed by atoms with van der Waals surface area (Å²) in [7, 11) is 3.24. The van der Waals surface area contributed by atoms with E-state index in [2.05, 4.69) is 24.5 Å². The highest BCUT2D eigenvalue weighted by Crippen LogP contribution is 2.37. The van der Waals surface area contributed by atoms with Crippen LogP contribution < -0.4 is 20.1 Å². The van der Waals surface area contributed by atoms with E-state index in [4.69, 9.17) is 9.47 Å². The van der Waals surface area contributed by atoms with Crippen LogP contribution in [0, 0.1) is 6.92 Å². The highest BCUT2D eigenvalue weighted by Gasteiger charge is 2.29. The molecule has 0 spiro atoms. The zero-order chi connectivity index (χ0) is 19.6. The quantitative estimate of drug-likeness (QED) is 0.806. The third-order valence-electron chi connectivity index (χ3n) is 4.60. The van der Waals surface area contributed by atoms with Crippen molar-refractivity contribution in [2.75, 3.05) is 19.5 Å². The van der Waals surface area contributed by atoms with Crippen LogP contribution >= 0.6 is 0 Å². The maximum absolute atomic E-state index is 12.6. The van der Waals surface area contributed by atoms with Crippen LogP contribution in [0.4, 0.5) is 5.69 Å². The van der Waals surface area contributed by atoms with Crippen molar-refractivity contribution >= 4 is 17.3 Å². The Bertz CT molecular complexity index is 883. The minimum atomic E-state index is -0.181. The number of fused-ring (bicyclic) bond motifs is 1. The molecule has 0 saturated heterocycles. The molecule has 2 N–H and O–H groups in total. The lowest BCUT2D eigenvalue weighted by Crippen LogP contribution is -2.44. The standard InChI is InChI=1S/C22H26N2O3/c1-14-6-8-16(9-7-14)23-21(25)12-18-17-11-20(27-5)19(26-4)10-15(17)13-22(2,3)24-18/h6-12,24H,13H2,1-5H3,(H,23,25). The normalized spacial score (nSPS) is 16.3. The molecule has 1 amide bonds. The summed E-state index contributed by atoms with van der Waals surface area (Å²) in [6, 6.07) is 11.6. The highest BCUT2D eigenvalue weighted by molar-refractivity contribution is 6.04. The summed E-state index contributed by atoms with van der Waals surface area (Å²) >= 11 is 0. The molecule has 5 heteroatoms. The lowest BCUT2D eigenvalue weighted by molar-refractivity contribution is -0.111. The summed E-state index contributed by atoms with van der Waals surface area (Å²) in [6.45, 7) is 6.23. The molecule has 27 heavy (non-hydrogen) atoms. The maximum atomic E-state index is 12.6. The summed E-state index contributed by atoms with van der Waals surface area (Å²) in [5, 5.41) is 6.38. The Morgan fingerprint density at radius 3 is 2.37 bits per heavy atom. The van der Waals surface area contributed by atoms with Crippen molar-refractivity contribution in [3.05, 3.63) is 59.2 Å². The third-order valence-corrected chi connectivity index (χ3v) is 4.60. The van der Waals surface area contributed by atoms with Crippen molar-refractivity contribution in [3.8, 4) is 11.5 Å². The van der Waals surface area contributed by atoms with Crippen molar-refractivity contribution in [3.63, 3.8) is 0 Å². The van der Waals surface area contributed by atoms with Gasteiger partial charge in [0.1, 0.15) is 0 Å². The van der Waals surface area contributed by atoms with E-state index < -0.39 is 0 Å². The Hall–Kier alpha value is -2.95. The van der Waals surface area contributed by atoms with Gasteiger partial charge in [0, 0.05) is 28.6 Å². The van der Waals surface area contributed by atoms with Crippen LogP contribution in [-0.4, -0.2) is 25.7 Å². The van der Waals surface area contributed by atoms with Gasteiger partial charge < -0.3 is 20.1 Å². The van der Waals surface area contributed by atoms with Gasteiger partial charge in [0.15, 0.2) is 11.5 Å². The summed E-state index contributed by atoms with van der Waals surface area (Å²) < 4.78 is 10.9. The monoisotopic (exact) mass is 366 g/mol. The van der Waals surface area contributed by atoms with Gasteiger partial charge in [-0.1, -0.05) is 17.7 Å². The number of aryl methyl sites for hydroxylation is 1. The number of benzene rings is 2. The molecule has 1 heterocycles. The van der Waals surface area contributed by atoms with Gasteiger partial charge in [-0.25, -0.2) is 0 Å². The number of carbonyl (C=O) groups is 1. The lowest BCUT2D eigenvalue weighted by atomic mass is 9.85. The van der Waals surface area contributed by atoms with Gasteiger partial charge in [-0.2, -0.15) is 0 Å². The SMILES string of the molecule is COc1cc2c(cc1OC)C(=CC(=O)Nc1ccc(C)cc1)NC(C)(C)C2. The van der Waals surface area contributed by atoms with E-state index in [9.17, 15) is 4.79 Å². The predicted molar refractivity (Wildman–Crippen MR) is 108 cm³/mol. The van der Waals surface area contributed by atoms with E-state index in [-0.39, 0.29) is 11.4 Å². The molecule has 0 atom stereocenters. The van der Waals surface area contributed by atoms with E-state index in [1.54, 1.807) is 20.3 Å². The van der Waals surface area contributed by atoms with Gasteiger partial charge in [0.05, 0.1) is 14.2 Å². The molecule has 1 aliphatic heterocycles. The fourth-order valence-electron chi connectivity index (χ4n) is 3.33. The molecule has 3 rings (SSSR count). The summed E-state index contributed by atoms with van der Waals surface area (Å²) in [5.74, 6) is 1.15. The molecule has 0 radical (unpaired) electrons. The summed E-state index contributed by atoms with van der Waals surface area (Å²) in [6.07, 6.45) is 2.42. The van der Waals surface area contributed by atoms with E-state index in [1.165, 1.54) is 0 Å². The molecular weight excluding hydrogens is 340 g/mol. The summed E-state index contributed by atoms with van der Waals surface area (Å²) in [5.41, 5.74) is 4.58. The first-order valence-corrected chi connectivity index (χ1v) is 8.94. The minimum Gasteiger partial charge on any atom is -0.493 e. The Kier molecular flexibility index (Phi) is 5.13. The number of amides is 1. The maximum Gasteiger partial charge on any atom is 0.250 e. The van der Waals surface area contributed by atoms with Gasteiger partial charge in [0.2, 0.25) is 5.91 Å². The van der Waals surface area contributed by atoms with Crippen molar-refractivity contribution in [2.45, 2.75) is 32.7 Å². The second-order valence-electron chi connectivity index (χ2n) is 7.46. The Balaban J connectivity index is 1.96. The average Bonchev–Trinajstić information content (AvgIpc) is 2.61. The van der Waals surface area contributed by atoms with Crippen molar-refractivity contribution < 1.29 is 14.3 Å². The number of nitrogens with one attached hydrogen (secondary N) is 2. The number of carbonyl (C=O) groups excluding carboxylic acids is 1. The molecule has 0 saturated carbocycles. The van der Waals surface area contributed by atoms with Gasteiger partial charge in [-0.3, -0.25) is 4.79 Å². The fraction of sp³-hybridized carbons (Fsp3) is 0.318. The first-order chi connectivity index (χ1) is 12.8. The second-order valence-corrected chi connectivity index (χ2v) is 7.46. The summed E-state index contributed by atoms with van der Waals surface area (Å²) in [4.78, 5) is 12.6. The Morgan fingerprint density at radius 2 is 1.74 bits per heavy atom. The number of anilines is 1. The number of methoxy groups -OCH3 is 2. The zero-order valence-corrected chi connectivity index (χ0v) is 16.5. The smallest absolute Gasteiger partial charge is 0.250 e. The molecule has 0 bridgehead atoms. The highest BCUT2D eigenvalue weighted by atomic mass is 16.5. The van der Waals surface area contributed by atoms with Crippen LogP contribution in [0.15, 0.2) is 42.5 Å². The van der Waals surface area contributed by atoms with Gasteiger partial charge in [-0.05, 0) is 57.0 Å². The molecule has 0 unspecified atom stereocenters. The fourth-order valence-corrected chi connectivity index (χ4v) is 3.33. The first-order valence-electron chi connectivity index (χ1n) is 8.94. The molecule has 2 aromatic carbocycles. The largest absolute Gasteiger partial charge is 0.493 e. The van der Waals surface area contributed by atoms with Crippen molar-refractivity contribution in [1.82, 2.24) is 5.32 Å². The molecule has 0 aliphatic carbocycles. The lowest BCUT2D eigenvalue weighted by Gasteiger charge is -2.36. The number of ether oxygens (including phenoxy) is 2. The molecule has 142 valence electrons. The van der Waals surface area contributed by atoms with Crippen LogP contribution in [-0.2, 0) is 11.2 Å². The predicted octanol–water partition coefficient (Wildman–Crippen LogP) is 3.92. The Labute approximate surface area is 160 Å². The van der Waals surface area contributed by atoms with E-state index in [0.29, 0.717) is 11.5 Å². The van der Waals surface area contributed by atoms with Crippen molar-refractivity contribution in [2.24, 2.45) is 0 Å². The van der Waals surface area contributed by atoms with E-state index >= 15 is 0 Å². The Morgan fingerprint density at radius 1 is 1.11 bits per heavy atom. The number of rotatable bonds is 4. The number of hydrogen-bond donors (Lipinski definition) is 2. The second kappa shape index (κ2) is 7.35. The molecular formula is C22H26N2O3. The van der Waals surface area contributed by atoms with Crippen LogP contribution in [0.3, 0.4) is 0 Å². The molecule has 0 fully saturated rings. The van der Waals surface area contributed by atoms with Gasteiger partial charge in [0.25, 0.3) is 0 Å². The van der Waals surface area contributed by atoms with E-state index in [1.807, 2.05) is 43.3 Å². The first kappa shape index (κ1) is 18.8. The molecule has 0 aromatic heterocycles. The molecule has 5 nitrogen and oxygen atoms in total. The van der Waals surface area contributed by atoms with Gasteiger partial charge >= 0.3 is 0 Å². The van der Waals surface area contributed by atoms with Crippen LogP contribution in [0.2, 0.25) is 0 Å². The minimum absolute atomic E-state index is 0.178. The molecule has 1 aliphatic rings. The average molecular weight is 366 g/mol. The third kappa shape index (κ3) is 4.25. The van der Waals surface area contributed by atoms with Gasteiger partial charge in [-0.15, -0.1) is 0 Å².